The molecule has 0 aliphatic carbocycles. The van der Waals surface area contributed by atoms with Gasteiger partial charge in [0.1, 0.15) is 6.61 Å². The molecule has 0 aliphatic heterocycles. The molecule has 0 rings (SSSR count). The van der Waals surface area contributed by atoms with E-state index >= 15 is 0 Å². The van der Waals surface area contributed by atoms with E-state index in [0.29, 0.717) is 13.0 Å². The minimum atomic E-state index is -1.14. The predicted molar refractivity (Wildman–Crippen MR) is 147 cm³/mol. The maximum absolute atomic E-state index is 10.7. The molecule has 0 aromatic rings. The van der Waals surface area contributed by atoms with E-state index in [-0.39, 0.29) is 11.5 Å². The molecule has 5 nitrogen and oxygen atoms in total. The van der Waals surface area contributed by atoms with Crippen LogP contribution in [-0.2, 0) is 0 Å². The molecular weight excluding hydrogens is 426 g/mol. The molecule has 206 valence electrons. The van der Waals surface area contributed by atoms with Crippen LogP contribution in [0.15, 0.2) is 0 Å². The van der Waals surface area contributed by atoms with Gasteiger partial charge in [-0.15, -0.1) is 0 Å². The molecule has 34 heavy (non-hydrogen) atoms. The van der Waals surface area contributed by atoms with Crippen molar-refractivity contribution in [3.63, 3.8) is 0 Å². The Balaban J connectivity index is 0. The predicted octanol–water partition coefficient (Wildman–Crippen LogP) is 9.00. The summed E-state index contributed by atoms with van der Waals surface area (Å²) < 4.78 is 0. The van der Waals surface area contributed by atoms with Gasteiger partial charge in [-0.3, -0.25) is 10.1 Å². The largest absolute Gasteiger partial charge is 0.396 e. The van der Waals surface area contributed by atoms with E-state index < -0.39 is 5.54 Å². The van der Waals surface area contributed by atoms with Crippen LogP contribution < -0.4 is 0 Å². The van der Waals surface area contributed by atoms with Crippen LogP contribution in [0.2, 0.25) is 0 Å². The summed E-state index contributed by atoms with van der Waals surface area (Å²) in [4.78, 5) is 10.3. The lowest BCUT2D eigenvalue weighted by atomic mass is 9.95. The van der Waals surface area contributed by atoms with Crippen LogP contribution in [0.4, 0.5) is 0 Å². The van der Waals surface area contributed by atoms with Crippen molar-refractivity contribution in [1.29, 1.82) is 0 Å². The fourth-order valence-corrected chi connectivity index (χ4v) is 4.17. The molecule has 0 radical (unpaired) electrons. The van der Waals surface area contributed by atoms with Crippen LogP contribution in [0.1, 0.15) is 168 Å². The van der Waals surface area contributed by atoms with Gasteiger partial charge in [0.2, 0.25) is 5.54 Å². The van der Waals surface area contributed by atoms with Crippen LogP contribution in [0.25, 0.3) is 0 Å². The van der Waals surface area contributed by atoms with Gasteiger partial charge in [-0.1, -0.05) is 142 Å². The Morgan fingerprint density at radius 2 is 0.853 bits per heavy atom. The van der Waals surface area contributed by atoms with Gasteiger partial charge in [-0.2, -0.15) is 0 Å². The van der Waals surface area contributed by atoms with Gasteiger partial charge in [0.15, 0.2) is 0 Å². The van der Waals surface area contributed by atoms with Crippen molar-refractivity contribution in [2.75, 3.05) is 13.2 Å². The highest BCUT2D eigenvalue weighted by atomic mass is 16.6. The summed E-state index contributed by atoms with van der Waals surface area (Å²) in [5.74, 6) is 0. The zero-order chi connectivity index (χ0) is 25.8. The number of aliphatic hydroxyl groups excluding tert-OH is 2. The third-order valence-electron chi connectivity index (χ3n) is 6.86. The lowest BCUT2D eigenvalue weighted by molar-refractivity contribution is -0.570. The van der Waals surface area contributed by atoms with Crippen molar-refractivity contribution in [1.82, 2.24) is 0 Å². The molecule has 0 saturated heterocycles. The van der Waals surface area contributed by atoms with Crippen molar-refractivity contribution in [2.24, 2.45) is 0 Å². The van der Waals surface area contributed by atoms with Crippen LogP contribution in [-0.4, -0.2) is 33.9 Å². The minimum absolute atomic E-state index is 0.357. The van der Waals surface area contributed by atoms with Gasteiger partial charge in [0, 0.05) is 24.9 Å². The van der Waals surface area contributed by atoms with Gasteiger partial charge < -0.3 is 10.2 Å². The van der Waals surface area contributed by atoms with E-state index in [0.717, 1.165) is 25.7 Å². The fraction of sp³-hybridized carbons (Fsp3) is 1.00. The Labute approximate surface area is 212 Å². The molecule has 0 bridgehead atoms. The maximum Gasteiger partial charge on any atom is 0.242 e. The average Bonchev–Trinajstić information content (AvgIpc) is 2.84. The number of hydrogen-bond acceptors (Lipinski definition) is 4. The lowest BCUT2D eigenvalue weighted by Crippen LogP contribution is -2.38. The molecule has 0 aromatic carbocycles. The summed E-state index contributed by atoms with van der Waals surface area (Å²) in [6.45, 7) is 5.99. The van der Waals surface area contributed by atoms with Gasteiger partial charge in [-0.05, 0) is 12.8 Å². The fourth-order valence-electron chi connectivity index (χ4n) is 4.17. The van der Waals surface area contributed by atoms with Crippen molar-refractivity contribution >= 4 is 0 Å². The monoisotopic (exact) mass is 487 g/mol. The topological polar surface area (TPSA) is 83.6 Å². The number of nitro groups is 1. The molecule has 0 heterocycles. The first-order valence-corrected chi connectivity index (χ1v) is 14.8. The van der Waals surface area contributed by atoms with Crippen molar-refractivity contribution in [3.05, 3.63) is 10.1 Å². The molecule has 5 heteroatoms. The number of aliphatic hydroxyl groups is 2. The van der Waals surface area contributed by atoms with Crippen molar-refractivity contribution < 1.29 is 15.1 Å². The van der Waals surface area contributed by atoms with E-state index in [1.54, 1.807) is 0 Å². The molecular formula is C29H61NO4. The number of hydrogen-bond donors (Lipinski definition) is 2. The summed E-state index contributed by atoms with van der Waals surface area (Å²) in [6, 6.07) is 0. The lowest BCUT2D eigenvalue weighted by Gasteiger charge is -2.17. The van der Waals surface area contributed by atoms with E-state index in [4.69, 9.17) is 10.2 Å². The molecule has 0 saturated carbocycles. The molecule has 1 unspecified atom stereocenters. The second-order valence-corrected chi connectivity index (χ2v) is 10.5. The Morgan fingerprint density at radius 1 is 0.559 bits per heavy atom. The summed E-state index contributed by atoms with van der Waals surface area (Å²) in [5, 5.41) is 28.3. The zero-order valence-corrected chi connectivity index (χ0v) is 23.3. The Hall–Kier alpha value is -0.680. The molecule has 2 N–H and O–H groups in total. The minimum Gasteiger partial charge on any atom is -0.396 e. The average molecular weight is 488 g/mol. The summed E-state index contributed by atoms with van der Waals surface area (Å²) in [7, 11) is 0. The van der Waals surface area contributed by atoms with E-state index in [2.05, 4.69) is 13.8 Å². The van der Waals surface area contributed by atoms with E-state index in [1.807, 2.05) is 0 Å². The van der Waals surface area contributed by atoms with Crippen LogP contribution in [0, 0.1) is 10.1 Å². The standard InChI is InChI=1S/C17H36O.C12H25NO3/c1-2-3-4-5-6-7-8-9-10-11-12-13-14-15-16-17-18;1-3-4-5-6-7-8-9-10-12(2,11-14)13(15)16/h18H,2-17H2,1H3;14H,3-11H2,1-2H3. The number of unbranched alkanes of at least 4 members (excludes halogenated alkanes) is 20. The first-order valence-electron chi connectivity index (χ1n) is 14.8. The first-order chi connectivity index (χ1) is 16.5. The second-order valence-electron chi connectivity index (χ2n) is 10.5. The van der Waals surface area contributed by atoms with Gasteiger partial charge in [0.05, 0.1) is 0 Å². The summed E-state index contributed by atoms with van der Waals surface area (Å²) in [6.07, 6.45) is 29.2. The normalized spacial score (nSPS) is 12.7. The summed E-state index contributed by atoms with van der Waals surface area (Å²) >= 11 is 0. The van der Waals surface area contributed by atoms with Gasteiger partial charge in [0.25, 0.3) is 0 Å². The number of nitrogens with zero attached hydrogens (tertiary/aromatic N) is 1. The second kappa shape index (κ2) is 28.6. The Bertz CT molecular complexity index is 390. The quantitative estimate of drug-likeness (QED) is 0.0764. The molecule has 0 amide bonds. The summed E-state index contributed by atoms with van der Waals surface area (Å²) in [5.41, 5.74) is -1.14. The zero-order valence-electron chi connectivity index (χ0n) is 23.3. The van der Waals surface area contributed by atoms with Crippen LogP contribution in [0.3, 0.4) is 0 Å². The smallest absolute Gasteiger partial charge is 0.242 e. The van der Waals surface area contributed by atoms with Crippen molar-refractivity contribution in [2.45, 2.75) is 174 Å². The highest BCUT2D eigenvalue weighted by Gasteiger charge is 2.35. The molecule has 0 aliphatic rings. The molecule has 0 fully saturated rings. The van der Waals surface area contributed by atoms with Gasteiger partial charge >= 0.3 is 0 Å². The van der Waals surface area contributed by atoms with Crippen LogP contribution >= 0.6 is 0 Å². The van der Waals surface area contributed by atoms with E-state index in [9.17, 15) is 10.1 Å². The Kier molecular flexibility index (Phi) is 29.8. The highest BCUT2D eigenvalue weighted by Crippen LogP contribution is 2.19. The number of rotatable bonds is 25. The third-order valence-corrected chi connectivity index (χ3v) is 6.86. The van der Waals surface area contributed by atoms with Crippen molar-refractivity contribution in [3.8, 4) is 0 Å². The highest BCUT2D eigenvalue weighted by molar-refractivity contribution is 4.72. The molecule has 0 spiro atoms. The Morgan fingerprint density at radius 3 is 1.12 bits per heavy atom. The first kappa shape index (κ1) is 35.5. The van der Waals surface area contributed by atoms with E-state index in [1.165, 1.54) is 122 Å². The molecule has 1 atom stereocenters. The maximum atomic E-state index is 10.7. The van der Waals surface area contributed by atoms with Crippen LogP contribution in [0.5, 0.6) is 0 Å². The van der Waals surface area contributed by atoms with Gasteiger partial charge in [-0.25, -0.2) is 0 Å². The SMILES string of the molecule is CCCCCCCCCC(C)(CO)[N+](=O)[O-].CCCCCCCCCCCCCCCCCO. The molecule has 0 aromatic heterocycles. The third kappa shape index (κ3) is 25.9.